The number of hydrogen-bond acceptors (Lipinski definition) is 1. The molecule has 2 unspecified atom stereocenters. The summed E-state index contributed by atoms with van der Waals surface area (Å²) in [5.74, 6) is 0.468. The van der Waals surface area contributed by atoms with Gasteiger partial charge in [0.05, 0.1) is 12.0 Å². The van der Waals surface area contributed by atoms with Gasteiger partial charge in [0, 0.05) is 12.5 Å². The summed E-state index contributed by atoms with van der Waals surface area (Å²) < 4.78 is 5.51. The molecule has 2 heteroatoms. The average molecular weight is 239 g/mol. The average Bonchev–Trinajstić information content (AvgIpc) is 2.32. The Morgan fingerprint density at radius 3 is 2.88 bits per heavy atom. The van der Waals surface area contributed by atoms with Crippen molar-refractivity contribution in [2.24, 2.45) is 5.92 Å². The molecule has 2 rings (SSSR count). The molecule has 1 aliphatic heterocycles. The fourth-order valence-corrected chi connectivity index (χ4v) is 2.74. The highest BCUT2D eigenvalue weighted by atomic mass is 35.5. The lowest BCUT2D eigenvalue weighted by Crippen LogP contribution is -2.21. The lowest BCUT2D eigenvalue weighted by atomic mass is 9.90. The molecule has 1 aromatic carbocycles. The summed E-state index contributed by atoms with van der Waals surface area (Å²) in [7, 11) is 0. The zero-order valence-electron chi connectivity index (χ0n) is 10.0. The molecular formula is C14H19ClO. The molecule has 16 heavy (non-hydrogen) atoms. The maximum Gasteiger partial charge on any atom is 0.0638 e. The van der Waals surface area contributed by atoms with Gasteiger partial charge < -0.3 is 4.74 Å². The van der Waals surface area contributed by atoms with Gasteiger partial charge in [0.15, 0.2) is 0 Å². The summed E-state index contributed by atoms with van der Waals surface area (Å²) in [5.41, 5.74) is 3.84. The summed E-state index contributed by atoms with van der Waals surface area (Å²) in [6, 6.07) is 6.51. The number of ether oxygens (including phenoxy) is 1. The Hall–Kier alpha value is -0.530. The third-order valence-corrected chi connectivity index (χ3v) is 3.93. The minimum Gasteiger partial charge on any atom is -0.381 e. The Labute approximate surface area is 103 Å². The Kier molecular flexibility index (Phi) is 3.88. The fourth-order valence-electron chi connectivity index (χ4n) is 2.31. The van der Waals surface area contributed by atoms with E-state index in [1.54, 1.807) is 0 Å². The van der Waals surface area contributed by atoms with E-state index >= 15 is 0 Å². The SMILES string of the molecule is Cc1ccc(C)c(C(Cl)C2CCCOC2)c1. The Morgan fingerprint density at radius 1 is 1.38 bits per heavy atom. The van der Waals surface area contributed by atoms with Crippen molar-refractivity contribution in [3.8, 4) is 0 Å². The van der Waals surface area contributed by atoms with Gasteiger partial charge in [-0.05, 0) is 37.8 Å². The molecule has 88 valence electrons. The van der Waals surface area contributed by atoms with Gasteiger partial charge in [-0.15, -0.1) is 11.6 Å². The highest BCUT2D eigenvalue weighted by molar-refractivity contribution is 6.21. The van der Waals surface area contributed by atoms with Gasteiger partial charge in [0.1, 0.15) is 0 Å². The van der Waals surface area contributed by atoms with E-state index in [0.29, 0.717) is 5.92 Å². The maximum absolute atomic E-state index is 6.58. The molecular weight excluding hydrogens is 220 g/mol. The van der Waals surface area contributed by atoms with Crippen LogP contribution >= 0.6 is 11.6 Å². The van der Waals surface area contributed by atoms with Gasteiger partial charge in [-0.25, -0.2) is 0 Å². The normalized spacial score (nSPS) is 23.1. The Morgan fingerprint density at radius 2 is 2.19 bits per heavy atom. The molecule has 1 nitrogen and oxygen atoms in total. The predicted octanol–water partition coefficient (Wildman–Crippen LogP) is 4.01. The first-order valence-corrected chi connectivity index (χ1v) is 6.41. The van der Waals surface area contributed by atoms with Crippen molar-refractivity contribution in [2.45, 2.75) is 32.1 Å². The summed E-state index contributed by atoms with van der Waals surface area (Å²) in [6.07, 6.45) is 2.32. The highest BCUT2D eigenvalue weighted by Gasteiger charge is 2.24. The van der Waals surface area contributed by atoms with Gasteiger partial charge >= 0.3 is 0 Å². The lowest BCUT2D eigenvalue weighted by molar-refractivity contribution is 0.0531. The van der Waals surface area contributed by atoms with Crippen LogP contribution in [0.1, 0.15) is 34.9 Å². The quantitative estimate of drug-likeness (QED) is 0.708. The first kappa shape index (κ1) is 11.9. The summed E-state index contributed by atoms with van der Waals surface area (Å²) >= 11 is 6.58. The number of aryl methyl sites for hydroxylation is 2. The van der Waals surface area contributed by atoms with Crippen molar-refractivity contribution in [3.63, 3.8) is 0 Å². The van der Waals surface area contributed by atoms with E-state index in [1.165, 1.54) is 23.1 Å². The van der Waals surface area contributed by atoms with Crippen molar-refractivity contribution in [1.29, 1.82) is 0 Å². The van der Waals surface area contributed by atoms with E-state index in [4.69, 9.17) is 16.3 Å². The molecule has 0 saturated carbocycles. The summed E-state index contributed by atoms with van der Waals surface area (Å²) in [5, 5.41) is 0.0974. The second kappa shape index (κ2) is 5.20. The third kappa shape index (κ3) is 2.58. The van der Waals surface area contributed by atoms with E-state index in [2.05, 4.69) is 32.0 Å². The third-order valence-electron chi connectivity index (χ3n) is 3.34. The lowest BCUT2D eigenvalue weighted by Gasteiger charge is -2.27. The monoisotopic (exact) mass is 238 g/mol. The second-order valence-electron chi connectivity index (χ2n) is 4.74. The molecule has 0 spiro atoms. The molecule has 0 bridgehead atoms. The van der Waals surface area contributed by atoms with Gasteiger partial charge in [0.2, 0.25) is 0 Å². The molecule has 0 N–H and O–H groups in total. The molecule has 1 heterocycles. The second-order valence-corrected chi connectivity index (χ2v) is 5.21. The van der Waals surface area contributed by atoms with Crippen LogP contribution in [0.15, 0.2) is 18.2 Å². The van der Waals surface area contributed by atoms with E-state index in [-0.39, 0.29) is 5.38 Å². The van der Waals surface area contributed by atoms with E-state index < -0.39 is 0 Å². The van der Waals surface area contributed by atoms with Gasteiger partial charge in [0.25, 0.3) is 0 Å². The number of benzene rings is 1. The van der Waals surface area contributed by atoms with Crippen LogP contribution in [-0.4, -0.2) is 13.2 Å². The standard InChI is InChI=1S/C14H19ClO/c1-10-5-6-11(2)13(8-10)14(15)12-4-3-7-16-9-12/h5-6,8,12,14H,3-4,7,9H2,1-2H3. The number of hydrogen-bond donors (Lipinski definition) is 0. The Balaban J connectivity index is 2.18. The van der Waals surface area contributed by atoms with Crippen LogP contribution in [0, 0.1) is 19.8 Å². The molecule has 1 saturated heterocycles. The minimum atomic E-state index is 0.0974. The molecule has 2 atom stereocenters. The van der Waals surface area contributed by atoms with Crippen LogP contribution in [0.3, 0.4) is 0 Å². The zero-order valence-corrected chi connectivity index (χ0v) is 10.8. The number of alkyl halides is 1. The minimum absolute atomic E-state index is 0.0974. The van der Waals surface area contributed by atoms with E-state index in [9.17, 15) is 0 Å². The first-order chi connectivity index (χ1) is 7.68. The van der Waals surface area contributed by atoms with E-state index in [1.807, 2.05) is 0 Å². The van der Waals surface area contributed by atoms with Crippen molar-refractivity contribution in [3.05, 3.63) is 34.9 Å². The molecule has 1 aromatic rings. The van der Waals surface area contributed by atoms with E-state index in [0.717, 1.165) is 19.6 Å². The van der Waals surface area contributed by atoms with Crippen LogP contribution in [0.2, 0.25) is 0 Å². The van der Waals surface area contributed by atoms with Crippen LogP contribution < -0.4 is 0 Å². The topological polar surface area (TPSA) is 9.23 Å². The molecule has 0 aliphatic carbocycles. The van der Waals surface area contributed by atoms with Gasteiger partial charge in [-0.3, -0.25) is 0 Å². The van der Waals surface area contributed by atoms with Crippen molar-refractivity contribution >= 4 is 11.6 Å². The summed E-state index contributed by atoms with van der Waals surface area (Å²) in [6.45, 7) is 5.95. The summed E-state index contributed by atoms with van der Waals surface area (Å²) in [4.78, 5) is 0. The van der Waals surface area contributed by atoms with Gasteiger partial charge in [-0.1, -0.05) is 23.8 Å². The highest BCUT2D eigenvalue weighted by Crippen LogP contribution is 2.36. The first-order valence-electron chi connectivity index (χ1n) is 5.97. The molecule has 0 aromatic heterocycles. The van der Waals surface area contributed by atoms with Crippen molar-refractivity contribution < 1.29 is 4.74 Å². The van der Waals surface area contributed by atoms with Crippen LogP contribution in [0.4, 0.5) is 0 Å². The van der Waals surface area contributed by atoms with Gasteiger partial charge in [-0.2, -0.15) is 0 Å². The molecule has 0 radical (unpaired) electrons. The molecule has 1 fully saturated rings. The van der Waals surface area contributed by atoms with Crippen LogP contribution in [0.25, 0.3) is 0 Å². The Bertz CT molecular complexity index is 356. The van der Waals surface area contributed by atoms with Crippen LogP contribution in [-0.2, 0) is 4.74 Å². The molecule has 0 amide bonds. The largest absolute Gasteiger partial charge is 0.381 e. The smallest absolute Gasteiger partial charge is 0.0638 e. The van der Waals surface area contributed by atoms with Crippen LogP contribution in [0.5, 0.6) is 0 Å². The fraction of sp³-hybridized carbons (Fsp3) is 0.571. The number of halogens is 1. The van der Waals surface area contributed by atoms with Crippen molar-refractivity contribution in [1.82, 2.24) is 0 Å². The van der Waals surface area contributed by atoms with Crippen molar-refractivity contribution in [2.75, 3.05) is 13.2 Å². The maximum atomic E-state index is 6.58. The zero-order chi connectivity index (χ0) is 11.5. The molecule has 1 aliphatic rings. The predicted molar refractivity (Wildman–Crippen MR) is 68.1 cm³/mol. The number of rotatable bonds is 2.